The zero-order valence-electron chi connectivity index (χ0n) is 9.80. The van der Waals surface area contributed by atoms with Crippen molar-refractivity contribution >= 4 is 17.6 Å². The minimum absolute atomic E-state index is 0.321. The smallest absolute Gasteiger partial charge is 0.323 e. The Morgan fingerprint density at radius 2 is 1.47 bits per heavy atom. The summed E-state index contributed by atoms with van der Waals surface area (Å²) in [7, 11) is 0. The van der Waals surface area contributed by atoms with Crippen molar-refractivity contribution in [1.29, 1.82) is 0 Å². The largest absolute Gasteiger partial charge is 0.480 e. The van der Waals surface area contributed by atoms with Crippen LogP contribution in [-0.2, 0) is 9.59 Å². The molecule has 1 rings (SSSR count). The minimum atomic E-state index is -1.05. The first-order valence-corrected chi connectivity index (χ1v) is 5.16. The van der Waals surface area contributed by atoms with Gasteiger partial charge in [-0.3, -0.25) is 9.59 Å². The van der Waals surface area contributed by atoms with E-state index in [1.807, 2.05) is 32.0 Å². The Hall–Kier alpha value is -2.04. The van der Waals surface area contributed by atoms with Crippen LogP contribution in [0.1, 0.15) is 11.1 Å². The van der Waals surface area contributed by atoms with Crippen LogP contribution >= 0.6 is 0 Å². The predicted octanol–water partition coefficient (Wildman–Crippen LogP) is 1.28. The maximum absolute atomic E-state index is 10.8. The molecule has 1 aromatic rings. The van der Waals surface area contributed by atoms with E-state index in [0.717, 1.165) is 11.1 Å². The summed E-state index contributed by atoms with van der Waals surface area (Å²) in [6.45, 7) is 3.02. The number of nitrogens with zero attached hydrogens (tertiary/aromatic N) is 1. The molecule has 0 spiro atoms. The highest BCUT2D eigenvalue weighted by Crippen LogP contribution is 2.24. The highest BCUT2D eigenvalue weighted by atomic mass is 16.4. The van der Waals surface area contributed by atoms with Crippen molar-refractivity contribution in [3.05, 3.63) is 29.3 Å². The third-order valence-corrected chi connectivity index (χ3v) is 2.41. The number of rotatable bonds is 5. The van der Waals surface area contributed by atoms with Crippen LogP contribution in [0.4, 0.5) is 5.69 Å². The molecule has 2 N–H and O–H groups in total. The van der Waals surface area contributed by atoms with Gasteiger partial charge in [0.1, 0.15) is 13.1 Å². The monoisotopic (exact) mass is 237 g/mol. The zero-order chi connectivity index (χ0) is 13.0. The van der Waals surface area contributed by atoms with Crippen LogP contribution in [-0.4, -0.2) is 35.2 Å². The molecule has 92 valence electrons. The van der Waals surface area contributed by atoms with Gasteiger partial charge in [0.25, 0.3) is 0 Å². The van der Waals surface area contributed by atoms with Gasteiger partial charge < -0.3 is 15.1 Å². The van der Waals surface area contributed by atoms with Gasteiger partial charge in [0, 0.05) is 5.69 Å². The summed E-state index contributed by atoms with van der Waals surface area (Å²) in [5.74, 6) is -2.09. The molecule has 0 unspecified atom stereocenters. The first-order chi connectivity index (χ1) is 7.91. The van der Waals surface area contributed by atoms with Gasteiger partial charge >= 0.3 is 11.9 Å². The molecule has 0 bridgehead atoms. The van der Waals surface area contributed by atoms with E-state index in [9.17, 15) is 9.59 Å². The molecule has 0 atom stereocenters. The second-order valence-corrected chi connectivity index (χ2v) is 3.88. The number of para-hydroxylation sites is 1. The second kappa shape index (κ2) is 5.34. The Morgan fingerprint density at radius 1 is 1.06 bits per heavy atom. The predicted molar refractivity (Wildman–Crippen MR) is 63.4 cm³/mol. The molecule has 0 radical (unpaired) electrons. The molecule has 1 aromatic carbocycles. The third-order valence-electron chi connectivity index (χ3n) is 2.41. The number of anilines is 1. The first kappa shape index (κ1) is 13.0. The summed E-state index contributed by atoms with van der Waals surface area (Å²) in [4.78, 5) is 22.9. The van der Waals surface area contributed by atoms with Crippen molar-refractivity contribution in [3.63, 3.8) is 0 Å². The molecule has 0 saturated carbocycles. The van der Waals surface area contributed by atoms with Gasteiger partial charge in [-0.25, -0.2) is 0 Å². The lowest BCUT2D eigenvalue weighted by Crippen LogP contribution is -2.35. The molecular weight excluding hydrogens is 222 g/mol. The SMILES string of the molecule is Cc1cccc(C)c1N(CC(=O)O)CC(=O)O. The molecule has 0 aliphatic rings. The maximum Gasteiger partial charge on any atom is 0.323 e. The molecule has 0 fully saturated rings. The van der Waals surface area contributed by atoms with E-state index in [0.29, 0.717) is 5.69 Å². The minimum Gasteiger partial charge on any atom is -0.480 e. The quantitative estimate of drug-likeness (QED) is 0.806. The fourth-order valence-corrected chi connectivity index (χ4v) is 1.85. The number of aliphatic carboxylic acids is 2. The lowest BCUT2D eigenvalue weighted by molar-refractivity contribution is -0.136. The van der Waals surface area contributed by atoms with E-state index < -0.39 is 11.9 Å². The number of carbonyl (C=O) groups is 2. The van der Waals surface area contributed by atoms with Crippen LogP contribution in [0.5, 0.6) is 0 Å². The van der Waals surface area contributed by atoms with Gasteiger partial charge in [-0.1, -0.05) is 18.2 Å². The first-order valence-electron chi connectivity index (χ1n) is 5.16. The van der Waals surface area contributed by atoms with Gasteiger partial charge in [0.05, 0.1) is 0 Å². The van der Waals surface area contributed by atoms with Crippen LogP contribution in [0.25, 0.3) is 0 Å². The van der Waals surface area contributed by atoms with Crippen LogP contribution in [0, 0.1) is 13.8 Å². The molecule has 0 saturated heterocycles. The molecule has 0 aliphatic heterocycles. The van der Waals surface area contributed by atoms with Gasteiger partial charge in [0.2, 0.25) is 0 Å². The van der Waals surface area contributed by atoms with E-state index in [4.69, 9.17) is 10.2 Å². The average molecular weight is 237 g/mol. The molecule has 17 heavy (non-hydrogen) atoms. The molecule has 0 aromatic heterocycles. The average Bonchev–Trinajstić information content (AvgIpc) is 2.14. The maximum atomic E-state index is 10.8. The number of aryl methyl sites for hydroxylation is 2. The summed E-state index contributed by atoms with van der Waals surface area (Å²) in [5, 5.41) is 17.6. The topological polar surface area (TPSA) is 77.8 Å². The Kier molecular flexibility index (Phi) is 4.09. The number of hydrogen-bond acceptors (Lipinski definition) is 3. The van der Waals surface area contributed by atoms with Gasteiger partial charge in [-0.15, -0.1) is 0 Å². The third kappa shape index (κ3) is 3.48. The van der Waals surface area contributed by atoms with Crippen LogP contribution in [0.2, 0.25) is 0 Å². The summed E-state index contributed by atoms with van der Waals surface area (Å²) in [6.07, 6.45) is 0. The molecule has 0 aliphatic carbocycles. The summed E-state index contributed by atoms with van der Waals surface area (Å²) in [6, 6.07) is 5.52. The summed E-state index contributed by atoms with van der Waals surface area (Å²) >= 11 is 0. The highest BCUT2D eigenvalue weighted by Gasteiger charge is 2.17. The molecule has 5 nitrogen and oxygen atoms in total. The van der Waals surface area contributed by atoms with Crippen LogP contribution < -0.4 is 4.90 Å². The Morgan fingerprint density at radius 3 is 1.82 bits per heavy atom. The summed E-state index contributed by atoms with van der Waals surface area (Å²) in [5.41, 5.74) is 2.41. The standard InChI is InChI=1S/C12H15NO4/c1-8-4-3-5-9(2)12(8)13(6-10(14)15)7-11(16)17/h3-5H,6-7H2,1-2H3,(H,14,15)(H,16,17). The fourth-order valence-electron chi connectivity index (χ4n) is 1.85. The van der Waals surface area contributed by atoms with Crippen molar-refractivity contribution in [3.8, 4) is 0 Å². The fraction of sp³-hybridized carbons (Fsp3) is 0.333. The second-order valence-electron chi connectivity index (χ2n) is 3.88. The van der Waals surface area contributed by atoms with Gasteiger partial charge in [-0.05, 0) is 25.0 Å². The van der Waals surface area contributed by atoms with Gasteiger partial charge in [0.15, 0.2) is 0 Å². The molecule has 5 heteroatoms. The van der Waals surface area contributed by atoms with Crippen molar-refractivity contribution in [2.45, 2.75) is 13.8 Å². The van der Waals surface area contributed by atoms with E-state index in [-0.39, 0.29) is 13.1 Å². The summed E-state index contributed by atoms with van der Waals surface area (Å²) < 4.78 is 0. The van der Waals surface area contributed by atoms with E-state index in [2.05, 4.69) is 0 Å². The molecule has 0 amide bonds. The Bertz CT molecular complexity index is 406. The van der Waals surface area contributed by atoms with Crippen molar-refractivity contribution in [2.24, 2.45) is 0 Å². The Labute approximate surface area is 99.3 Å². The lowest BCUT2D eigenvalue weighted by atomic mass is 10.1. The number of carboxylic acid groups (broad SMARTS) is 2. The molecule has 0 heterocycles. The van der Waals surface area contributed by atoms with Crippen LogP contribution in [0.15, 0.2) is 18.2 Å². The van der Waals surface area contributed by atoms with Crippen LogP contribution in [0.3, 0.4) is 0 Å². The number of hydrogen-bond donors (Lipinski definition) is 2. The van der Waals surface area contributed by atoms with Gasteiger partial charge in [-0.2, -0.15) is 0 Å². The van der Waals surface area contributed by atoms with E-state index >= 15 is 0 Å². The van der Waals surface area contributed by atoms with Crippen molar-refractivity contribution in [1.82, 2.24) is 0 Å². The zero-order valence-corrected chi connectivity index (χ0v) is 9.80. The number of benzene rings is 1. The molecular formula is C12H15NO4. The van der Waals surface area contributed by atoms with Crippen molar-refractivity contribution in [2.75, 3.05) is 18.0 Å². The van der Waals surface area contributed by atoms with E-state index in [1.165, 1.54) is 4.90 Å². The Balaban J connectivity index is 3.11. The highest BCUT2D eigenvalue weighted by molar-refractivity contribution is 5.81. The normalized spacial score (nSPS) is 10.0. The lowest BCUT2D eigenvalue weighted by Gasteiger charge is -2.24. The van der Waals surface area contributed by atoms with E-state index in [1.54, 1.807) is 0 Å². The van der Waals surface area contributed by atoms with Crippen molar-refractivity contribution < 1.29 is 19.8 Å². The number of carboxylic acids is 2.